The molecule has 0 bridgehead atoms. The van der Waals surface area contributed by atoms with Gasteiger partial charge in [0.15, 0.2) is 0 Å². The molecule has 0 saturated carbocycles. The minimum absolute atomic E-state index is 0.663. The van der Waals surface area contributed by atoms with Crippen molar-refractivity contribution in [3.05, 3.63) is 64.0 Å². The maximum absolute atomic E-state index is 6.19. The third-order valence-corrected chi connectivity index (χ3v) is 4.17. The van der Waals surface area contributed by atoms with E-state index in [9.17, 15) is 0 Å². The van der Waals surface area contributed by atoms with Crippen LogP contribution >= 0.6 is 34.5 Å². The van der Waals surface area contributed by atoms with Gasteiger partial charge in [-0.1, -0.05) is 53.5 Å². The maximum atomic E-state index is 6.19. The molecule has 3 aromatic rings. The molecular weight excluding hydrogens is 297 g/mol. The topological polar surface area (TPSA) is 12.9 Å². The first-order valence-electron chi connectivity index (χ1n) is 5.70. The van der Waals surface area contributed by atoms with E-state index in [4.69, 9.17) is 23.2 Å². The van der Waals surface area contributed by atoms with Crippen molar-refractivity contribution in [2.45, 2.75) is 0 Å². The Morgan fingerprint density at radius 3 is 2.53 bits per heavy atom. The van der Waals surface area contributed by atoms with Crippen molar-refractivity contribution in [3.63, 3.8) is 0 Å². The van der Waals surface area contributed by atoms with E-state index in [1.54, 1.807) is 23.5 Å². The molecule has 0 aliphatic carbocycles. The molecule has 0 unspecified atom stereocenters. The van der Waals surface area contributed by atoms with Gasteiger partial charge in [0.1, 0.15) is 5.01 Å². The van der Waals surface area contributed by atoms with Crippen molar-refractivity contribution >= 4 is 34.5 Å². The van der Waals surface area contributed by atoms with E-state index >= 15 is 0 Å². The third kappa shape index (κ3) is 2.66. The summed E-state index contributed by atoms with van der Waals surface area (Å²) in [4.78, 5) is 4.63. The van der Waals surface area contributed by atoms with Crippen molar-refractivity contribution in [2.24, 2.45) is 0 Å². The van der Waals surface area contributed by atoms with E-state index in [0.717, 1.165) is 21.8 Å². The van der Waals surface area contributed by atoms with Crippen LogP contribution in [0.5, 0.6) is 0 Å². The lowest BCUT2D eigenvalue weighted by Crippen LogP contribution is -1.80. The SMILES string of the molecule is Clc1ccc(Cl)c(-c2nc(-c3ccccc3)cs2)c1. The van der Waals surface area contributed by atoms with Gasteiger partial charge >= 0.3 is 0 Å². The molecule has 4 heteroatoms. The first-order valence-corrected chi connectivity index (χ1v) is 7.34. The van der Waals surface area contributed by atoms with E-state index in [2.05, 4.69) is 4.98 Å². The molecule has 0 aliphatic rings. The largest absolute Gasteiger partial charge is 0.236 e. The lowest BCUT2D eigenvalue weighted by Gasteiger charge is -2.00. The fraction of sp³-hybridized carbons (Fsp3) is 0. The highest BCUT2D eigenvalue weighted by Gasteiger charge is 2.10. The normalized spacial score (nSPS) is 10.6. The second-order valence-electron chi connectivity index (χ2n) is 4.03. The second kappa shape index (κ2) is 5.33. The van der Waals surface area contributed by atoms with Gasteiger partial charge in [-0.15, -0.1) is 11.3 Å². The number of thiazole rings is 1. The van der Waals surface area contributed by atoms with Gasteiger partial charge in [0, 0.05) is 21.5 Å². The van der Waals surface area contributed by atoms with Gasteiger partial charge in [-0.05, 0) is 18.2 Å². The summed E-state index contributed by atoms with van der Waals surface area (Å²) in [5.41, 5.74) is 2.93. The number of nitrogens with zero attached hydrogens (tertiary/aromatic N) is 1. The van der Waals surface area contributed by atoms with Crippen LogP contribution in [0.3, 0.4) is 0 Å². The molecule has 1 nitrogen and oxygen atoms in total. The molecule has 0 radical (unpaired) electrons. The number of aromatic nitrogens is 1. The monoisotopic (exact) mass is 305 g/mol. The van der Waals surface area contributed by atoms with Gasteiger partial charge < -0.3 is 0 Å². The van der Waals surface area contributed by atoms with Crippen LogP contribution in [0.1, 0.15) is 0 Å². The molecule has 94 valence electrons. The Bertz CT molecular complexity index is 707. The van der Waals surface area contributed by atoms with Crippen LogP contribution in [-0.4, -0.2) is 4.98 Å². The standard InChI is InChI=1S/C15H9Cl2NS/c16-11-6-7-13(17)12(8-11)15-18-14(9-19-15)10-4-2-1-3-5-10/h1-9H. The highest BCUT2D eigenvalue weighted by Crippen LogP contribution is 2.34. The number of halogens is 2. The summed E-state index contributed by atoms with van der Waals surface area (Å²) in [5.74, 6) is 0. The van der Waals surface area contributed by atoms with E-state index in [-0.39, 0.29) is 0 Å². The van der Waals surface area contributed by atoms with E-state index in [1.165, 1.54) is 0 Å². The zero-order valence-electron chi connectivity index (χ0n) is 9.81. The lowest BCUT2D eigenvalue weighted by atomic mass is 10.2. The van der Waals surface area contributed by atoms with E-state index < -0.39 is 0 Å². The Balaban J connectivity index is 2.04. The molecule has 19 heavy (non-hydrogen) atoms. The summed E-state index contributed by atoms with van der Waals surface area (Å²) in [6.07, 6.45) is 0. The minimum Gasteiger partial charge on any atom is -0.236 e. The van der Waals surface area contributed by atoms with Crippen LogP contribution in [0.25, 0.3) is 21.8 Å². The molecular formula is C15H9Cl2NS. The Hall–Kier alpha value is -1.35. The highest BCUT2D eigenvalue weighted by atomic mass is 35.5. The minimum atomic E-state index is 0.663. The quantitative estimate of drug-likeness (QED) is 0.584. The molecule has 0 amide bonds. The summed E-state index contributed by atoms with van der Waals surface area (Å²) < 4.78 is 0. The molecule has 1 heterocycles. The predicted octanol–water partition coefficient (Wildman–Crippen LogP) is 5.78. The van der Waals surface area contributed by atoms with Crippen LogP contribution in [0.15, 0.2) is 53.9 Å². The first kappa shape index (κ1) is 12.7. The molecule has 1 aromatic heterocycles. The summed E-state index contributed by atoms with van der Waals surface area (Å²) in [6.45, 7) is 0. The number of hydrogen-bond donors (Lipinski definition) is 0. The predicted molar refractivity (Wildman–Crippen MR) is 83.0 cm³/mol. The zero-order chi connectivity index (χ0) is 13.2. The van der Waals surface area contributed by atoms with Crippen LogP contribution in [0.2, 0.25) is 10.0 Å². The molecule has 0 saturated heterocycles. The maximum Gasteiger partial charge on any atom is 0.125 e. The smallest absolute Gasteiger partial charge is 0.125 e. The zero-order valence-corrected chi connectivity index (χ0v) is 12.1. The lowest BCUT2D eigenvalue weighted by molar-refractivity contribution is 1.40. The van der Waals surface area contributed by atoms with Gasteiger partial charge in [-0.3, -0.25) is 0 Å². The van der Waals surface area contributed by atoms with Gasteiger partial charge in [-0.2, -0.15) is 0 Å². The Morgan fingerprint density at radius 2 is 1.74 bits per heavy atom. The fourth-order valence-electron chi connectivity index (χ4n) is 1.80. The average molecular weight is 306 g/mol. The van der Waals surface area contributed by atoms with Crippen molar-refractivity contribution in [2.75, 3.05) is 0 Å². The van der Waals surface area contributed by atoms with Crippen molar-refractivity contribution < 1.29 is 0 Å². The molecule has 2 aromatic carbocycles. The number of benzene rings is 2. The van der Waals surface area contributed by atoms with E-state index in [0.29, 0.717) is 10.0 Å². The van der Waals surface area contributed by atoms with Crippen LogP contribution in [-0.2, 0) is 0 Å². The van der Waals surface area contributed by atoms with Gasteiger partial charge in [-0.25, -0.2) is 4.98 Å². The van der Waals surface area contributed by atoms with Crippen molar-refractivity contribution in [1.82, 2.24) is 4.98 Å². The molecule has 3 rings (SSSR count). The van der Waals surface area contributed by atoms with Crippen LogP contribution < -0.4 is 0 Å². The van der Waals surface area contributed by atoms with Crippen molar-refractivity contribution in [1.29, 1.82) is 0 Å². The average Bonchev–Trinajstić information content (AvgIpc) is 2.92. The summed E-state index contributed by atoms with van der Waals surface area (Å²) >= 11 is 13.8. The molecule has 0 aliphatic heterocycles. The Kier molecular flexibility index (Phi) is 3.56. The molecule has 0 fully saturated rings. The Morgan fingerprint density at radius 1 is 0.947 bits per heavy atom. The summed E-state index contributed by atoms with van der Waals surface area (Å²) in [7, 11) is 0. The van der Waals surface area contributed by atoms with Gasteiger partial charge in [0.2, 0.25) is 0 Å². The number of hydrogen-bond acceptors (Lipinski definition) is 2. The molecule has 0 atom stereocenters. The van der Waals surface area contributed by atoms with Crippen LogP contribution in [0, 0.1) is 0 Å². The van der Waals surface area contributed by atoms with Crippen molar-refractivity contribution in [3.8, 4) is 21.8 Å². The van der Waals surface area contributed by atoms with E-state index in [1.807, 2.05) is 41.8 Å². The Labute approximate surface area is 125 Å². The van der Waals surface area contributed by atoms with Gasteiger partial charge in [0.25, 0.3) is 0 Å². The van der Waals surface area contributed by atoms with Gasteiger partial charge in [0.05, 0.1) is 10.7 Å². The highest BCUT2D eigenvalue weighted by molar-refractivity contribution is 7.13. The summed E-state index contributed by atoms with van der Waals surface area (Å²) in [6, 6.07) is 15.5. The molecule has 0 N–H and O–H groups in total. The first-order chi connectivity index (χ1) is 9.24. The fourth-order valence-corrected chi connectivity index (χ4v) is 3.09. The molecule has 0 spiro atoms. The van der Waals surface area contributed by atoms with Crippen LogP contribution in [0.4, 0.5) is 0 Å². The number of rotatable bonds is 2. The summed E-state index contributed by atoms with van der Waals surface area (Å²) in [5, 5.41) is 4.24. The second-order valence-corrected chi connectivity index (χ2v) is 5.73. The third-order valence-electron chi connectivity index (χ3n) is 2.73.